The lowest BCUT2D eigenvalue weighted by atomic mass is 10.0. The molecule has 16 heavy (non-hydrogen) atoms. The Balaban J connectivity index is 2.51. The Hall–Kier alpha value is -2.10. The van der Waals surface area contributed by atoms with Crippen LogP contribution in [0.2, 0.25) is 0 Å². The van der Waals surface area contributed by atoms with E-state index < -0.39 is 11.6 Å². The molecule has 0 bridgehead atoms. The van der Waals surface area contributed by atoms with E-state index in [-0.39, 0.29) is 11.3 Å². The molecule has 0 aliphatic rings. The van der Waals surface area contributed by atoms with Crippen LogP contribution in [-0.4, -0.2) is 12.9 Å². The highest BCUT2D eigenvalue weighted by Crippen LogP contribution is 2.24. The number of hydrogen-bond acceptors (Lipinski definition) is 3. The van der Waals surface area contributed by atoms with Crippen LogP contribution in [0.25, 0.3) is 0 Å². The molecule has 0 N–H and O–H groups in total. The molecule has 0 aliphatic carbocycles. The quantitative estimate of drug-likeness (QED) is 0.746. The fourth-order valence-electron chi connectivity index (χ4n) is 1.43. The summed E-state index contributed by atoms with van der Waals surface area (Å²) in [7, 11) is 1.39. The van der Waals surface area contributed by atoms with Gasteiger partial charge in [-0.1, -0.05) is 6.07 Å². The van der Waals surface area contributed by atoms with Gasteiger partial charge in [0.15, 0.2) is 0 Å². The van der Waals surface area contributed by atoms with Gasteiger partial charge in [-0.3, -0.25) is 4.79 Å². The summed E-state index contributed by atoms with van der Waals surface area (Å²) in [5, 5.41) is 0. The van der Waals surface area contributed by atoms with Gasteiger partial charge in [-0.25, -0.2) is 4.39 Å². The maximum atomic E-state index is 13.5. The van der Waals surface area contributed by atoms with Crippen molar-refractivity contribution in [2.45, 2.75) is 0 Å². The normalized spacial score (nSPS) is 10.1. The number of benzene rings is 1. The standard InChI is InChI=1S/C12H9FO3/c1-15-10-4-2-3-9(13)11(10)12(14)8-5-6-16-7-8/h2-7H,1H3. The fraction of sp³-hybridized carbons (Fsp3) is 0.0833. The molecule has 2 rings (SSSR count). The molecule has 2 aromatic rings. The van der Waals surface area contributed by atoms with Crippen LogP contribution >= 0.6 is 0 Å². The first-order chi connectivity index (χ1) is 7.74. The van der Waals surface area contributed by atoms with Crippen molar-refractivity contribution in [3.05, 3.63) is 53.7 Å². The molecular formula is C12H9FO3. The smallest absolute Gasteiger partial charge is 0.202 e. The van der Waals surface area contributed by atoms with Crippen molar-refractivity contribution >= 4 is 5.78 Å². The van der Waals surface area contributed by atoms with Gasteiger partial charge in [-0.2, -0.15) is 0 Å². The summed E-state index contributed by atoms with van der Waals surface area (Å²) in [4.78, 5) is 11.9. The number of hydrogen-bond donors (Lipinski definition) is 0. The Morgan fingerprint density at radius 3 is 2.81 bits per heavy atom. The van der Waals surface area contributed by atoms with Gasteiger partial charge in [0.05, 0.1) is 18.9 Å². The van der Waals surface area contributed by atoms with Crippen LogP contribution in [0, 0.1) is 5.82 Å². The molecule has 0 fully saturated rings. The van der Waals surface area contributed by atoms with E-state index in [0.717, 1.165) is 0 Å². The zero-order valence-electron chi connectivity index (χ0n) is 8.57. The third-order valence-corrected chi connectivity index (χ3v) is 2.21. The Bertz CT molecular complexity index is 503. The topological polar surface area (TPSA) is 39.4 Å². The van der Waals surface area contributed by atoms with Crippen LogP contribution in [-0.2, 0) is 0 Å². The number of furan rings is 1. The average Bonchev–Trinajstić information content (AvgIpc) is 2.81. The van der Waals surface area contributed by atoms with E-state index in [1.54, 1.807) is 0 Å². The minimum Gasteiger partial charge on any atom is -0.496 e. The predicted molar refractivity (Wildman–Crippen MR) is 55.1 cm³/mol. The molecule has 0 aliphatic heterocycles. The first-order valence-corrected chi connectivity index (χ1v) is 4.63. The van der Waals surface area contributed by atoms with Gasteiger partial charge in [0.25, 0.3) is 0 Å². The second kappa shape index (κ2) is 4.18. The van der Waals surface area contributed by atoms with Gasteiger partial charge >= 0.3 is 0 Å². The van der Waals surface area contributed by atoms with E-state index in [0.29, 0.717) is 5.56 Å². The summed E-state index contributed by atoms with van der Waals surface area (Å²) in [6.45, 7) is 0. The third-order valence-electron chi connectivity index (χ3n) is 2.21. The van der Waals surface area contributed by atoms with Crippen LogP contribution in [0.4, 0.5) is 4.39 Å². The molecule has 1 aromatic heterocycles. The van der Waals surface area contributed by atoms with Gasteiger partial charge in [-0.15, -0.1) is 0 Å². The van der Waals surface area contributed by atoms with E-state index in [1.807, 2.05) is 0 Å². The van der Waals surface area contributed by atoms with Gasteiger partial charge in [0.2, 0.25) is 5.78 Å². The molecule has 0 radical (unpaired) electrons. The minimum atomic E-state index is -0.606. The van der Waals surface area contributed by atoms with Crippen molar-refractivity contribution < 1.29 is 18.3 Å². The molecule has 0 atom stereocenters. The summed E-state index contributed by atoms with van der Waals surface area (Å²) >= 11 is 0. The average molecular weight is 220 g/mol. The van der Waals surface area contributed by atoms with Crippen molar-refractivity contribution in [2.75, 3.05) is 7.11 Å². The summed E-state index contributed by atoms with van der Waals surface area (Å²) in [6.07, 6.45) is 2.63. The highest BCUT2D eigenvalue weighted by atomic mass is 19.1. The second-order valence-electron chi connectivity index (χ2n) is 3.16. The van der Waals surface area contributed by atoms with Crippen molar-refractivity contribution in [3.63, 3.8) is 0 Å². The molecular weight excluding hydrogens is 211 g/mol. The van der Waals surface area contributed by atoms with Crippen LogP contribution < -0.4 is 4.74 Å². The van der Waals surface area contributed by atoms with Crippen molar-refractivity contribution in [3.8, 4) is 5.75 Å². The Kier molecular flexibility index (Phi) is 2.72. The van der Waals surface area contributed by atoms with Crippen molar-refractivity contribution in [2.24, 2.45) is 0 Å². The highest BCUT2D eigenvalue weighted by Gasteiger charge is 2.19. The SMILES string of the molecule is COc1cccc(F)c1C(=O)c1ccoc1. The third kappa shape index (κ3) is 1.69. The maximum Gasteiger partial charge on any atom is 0.202 e. The summed E-state index contributed by atoms with van der Waals surface area (Å²) in [6, 6.07) is 5.72. The van der Waals surface area contributed by atoms with Gasteiger partial charge in [0.1, 0.15) is 23.4 Å². The monoisotopic (exact) mass is 220 g/mol. The summed E-state index contributed by atoms with van der Waals surface area (Å²) in [5.74, 6) is -0.847. The lowest BCUT2D eigenvalue weighted by Gasteiger charge is -2.06. The number of methoxy groups -OCH3 is 1. The summed E-state index contributed by atoms with van der Waals surface area (Å²) < 4.78 is 23.3. The van der Waals surface area contributed by atoms with Crippen molar-refractivity contribution in [1.29, 1.82) is 0 Å². The Labute approximate surface area is 91.5 Å². The molecule has 0 saturated carbocycles. The minimum absolute atomic E-state index is 0.0774. The van der Waals surface area contributed by atoms with E-state index in [9.17, 15) is 9.18 Å². The van der Waals surface area contributed by atoms with Crippen LogP contribution in [0.5, 0.6) is 5.75 Å². The van der Waals surface area contributed by atoms with Gasteiger partial charge in [0, 0.05) is 0 Å². The fourth-order valence-corrected chi connectivity index (χ4v) is 1.43. The number of ketones is 1. The van der Waals surface area contributed by atoms with E-state index in [2.05, 4.69) is 0 Å². The lowest BCUT2D eigenvalue weighted by Crippen LogP contribution is -2.05. The van der Waals surface area contributed by atoms with E-state index >= 15 is 0 Å². The number of halogens is 1. The zero-order valence-corrected chi connectivity index (χ0v) is 8.57. The van der Waals surface area contributed by atoms with Gasteiger partial charge < -0.3 is 9.15 Å². The Morgan fingerprint density at radius 1 is 1.38 bits per heavy atom. The van der Waals surface area contributed by atoms with Crippen LogP contribution in [0.15, 0.2) is 41.2 Å². The first-order valence-electron chi connectivity index (χ1n) is 4.63. The Morgan fingerprint density at radius 2 is 2.19 bits per heavy atom. The van der Waals surface area contributed by atoms with E-state index in [4.69, 9.17) is 9.15 Å². The molecule has 0 unspecified atom stereocenters. The first kappa shape index (κ1) is 10.4. The number of rotatable bonds is 3. The van der Waals surface area contributed by atoms with E-state index in [1.165, 1.54) is 43.9 Å². The largest absolute Gasteiger partial charge is 0.496 e. The van der Waals surface area contributed by atoms with Gasteiger partial charge in [-0.05, 0) is 18.2 Å². The molecule has 1 aromatic carbocycles. The molecule has 4 heteroatoms. The number of carbonyl (C=O) groups excluding carboxylic acids is 1. The second-order valence-corrected chi connectivity index (χ2v) is 3.16. The molecule has 3 nitrogen and oxygen atoms in total. The van der Waals surface area contributed by atoms with Crippen LogP contribution in [0.3, 0.4) is 0 Å². The number of carbonyl (C=O) groups is 1. The molecule has 1 heterocycles. The number of ether oxygens (including phenoxy) is 1. The molecule has 82 valence electrons. The lowest BCUT2D eigenvalue weighted by molar-refractivity contribution is 0.103. The molecule has 0 saturated heterocycles. The highest BCUT2D eigenvalue weighted by molar-refractivity contribution is 6.10. The predicted octanol–water partition coefficient (Wildman–Crippen LogP) is 2.66. The summed E-state index contributed by atoms with van der Waals surface area (Å²) in [5.41, 5.74) is 0.217. The van der Waals surface area contributed by atoms with Crippen LogP contribution in [0.1, 0.15) is 15.9 Å². The zero-order chi connectivity index (χ0) is 11.5. The van der Waals surface area contributed by atoms with Crippen molar-refractivity contribution in [1.82, 2.24) is 0 Å². The molecule has 0 spiro atoms. The maximum absolute atomic E-state index is 13.5. The molecule has 0 amide bonds.